The molecule has 0 saturated carbocycles. The van der Waals surface area contributed by atoms with Crippen LogP contribution in [0.4, 0.5) is 0 Å². The predicted octanol–water partition coefficient (Wildman–Crippen LogP) is 3.45. The number of hydrogen-bond acceptors (Lipinski definition) is 2. The highest BCUT2D eigenvalue weighted by molar-refractivity contribution is 5.40. The first-order chi connectivity index (χ1) is 8.16. The highest BCUT2D eigenvalue weighted by Gasteiger charge is 2.18. The summed E-state index contributed by atoms with van der Waals surface area (Å²) in [5.41, 5.74) is 8.69. The summed E-state index contributed by atoms with van der Waals surface area (Å²) in [5.74, 6) is 1.76. The van der Waals surface area contributed by atoms with Gasteiger partial charge in [0.25, 0.3) is 0 Å². The molecule has 0 unspecified atom stereocenters. The van der Waals surface area contributed by atoms with E-state index in [1.54, 1.807) is 0 Å². The van der Waals surface area contributed by atoms with Crippen LogP contribution in [-0.2, 0) is 6.42 Å². The fourth-order valence-electron chi connectivity index (χ4n) is 2.40. The van der Waals surface area contributed by atoms with E-state index in [0.29, 0.717) is 0 Å². The average Bonchev–Trinajstić information content (AvgIpc) is 2.66. The Morgan fingerprint density at radius 1 is 1.41 bits per heavy atom. The van der Waals surface area contributed by atoms with Crippen molar-refractivity contribution in [2.75, 3.05) is 6.61 Å². The fraction of sp³-hybridized carbons (Fsp3) is 0.600. The number of hydrogen-bond donors (Lipinski definition) is 1. The van der Waals surface area contributed by atoms with Gasteiger partial charge in [-0.05, 0) is 54.9 Å². The molecule has 2 rings (SSSR count). The Kier molecular flexibility index (Phi) is 4.06. The van der Waals surface area contributed by atoms with Crippen LogP contribution in [0.5, 0.6) is 5.75 Å². The van der Waals surface area contributed by atoms with Crippen LogP contribution in [0.3, 0.4) is 0 Å². The van der Waals surface area contributed by atoms with E-state index in [1.165, 1.54) is 17.5 Å². The van der Waals surface area contributed by atoms with E-state index in [2.05, 4.69) is 32.0 Å². The minimum Gasteiger partial charge on any atom is -0.494 e. The normalized spacial score (nSPS) is 18.5. The lowest BCUT2D eigenvalue weighted by molar-refractivity contribution is 0.297. The molecule has 1 aromatic rings. The van der Waals surface area contributed by atoms with Gasteiger partial charge in [-0.15, -0.1) is 0 Å². The smallest absolute Gasteiger partial charge is 0.119 e. The van der Waals surface area contributed by atoms with Crippen molar-refractivity contribution in [2.24, 2.45) is 11.7 Å². The zero-order valence-corrected chi connectivity index (χ0v) is 10.9. The van der Waals surface area contributed by atoms with E-state index in [1.807, 2.05) is 0 Å². The Morgan fingerprint density at radius 3 is 3.00 bits per heavy atom. The molecule has 0 spiro atoms. The van der Waals surface area contributed by atoms with Crippen LogP contribution >= 0.6 is 0 Å². The SMILES string of the molecule is CC(C)CCCOc1ccc2c(c1)CC[C@H]2N. The number of nitrogens with two attached hydrogens (primary N) is 1. The third-order valence-corrected chi connectivity index (χ3v) is 3.43. The lowest BCUT2D eigenvalue weighted by atomic mass is 10.1. The van der Waals surface area contributed by atoms with Crippen LogP contribution < -0.4 is 10.5 Å². The molecule has 0 aromatic heterocycles. The predicted molar refractivity (Wildman–Crippen MR) is 71.3 cm³/mol. The minimum absolute atomic E-state index is 0.236. The van der Waals surface area contributed by atoms with Crippen molar-refractivity contribution in [3.8, 4) is 5.75 Å². The number of benzene rings is 1. The van der Waals surface area contributed by atoms with Crippen molar-refractivity contribution in [3.05, 3.63) is 29.3 Å². The summed E-state index contributed by atoms with van der Waals surface area (Å²) >= 11 is 0. The van der Waals surface area contributed by atoms with Crippen molar-refractivity contribution in [2.45, 2.75) is 45.6 Å². The summed E-state index contributed by atoms with van der Waals surface area (Å²) in [4.78, 5) is 0. The number of rotatable bonds is 5. The summed E-state index contributed by atoms with van der Waals surface area (Å²) in [6, 6.07) is 6.59. The Bertz CT molecular complexity index is 373. The Labute approximate surface area is 104 Å². The quantitative estimate of drug-likeness (QED) is 0.791. The zero-order chi connectivity index (χ0) is 12.3. The van der Waals surface area contributed by atoms with Gasteiger partial charge in [-0.2, -0.15) is 0 Å². The van der Waals surface area contributed by atoms with Crippen molar-refractivity contribution in [1.29, 1.82) is 0 Å². The summed E-state index contributed by atoms with van der Waals surface area (Å²) in [7, 11) is 0. The van der Waals surface area contributed by atoms with Crippen LogP contribution in [0.1, 0.15) is 50.3 Å². The zero-order valence-electron chi connectivity index (χ0n) is 10.9. The lowest BCUT2D eigenvalue weighted by Gasteiger charge is -2.10. The molecule has 1 aliphatic rings. The summed E-state index contributed by atoms with van der Waals surface area (Å²) in [5, 5.41) is 0. The lowest BCUT2D eigenvalue weighted by Crippen LogP contribution is -2.05. The maximum atomic E-state index is 6.01. The van der Waals surface area contributed by atoms with Gasteiger partial charge in [0.1, 0.15) is 5.75 Å². The van der Waals surface area contributed by atoms with Crippen LogP contribution in [0, 0.1) is 5.92 Å². The fourth-order valence-corrected chi connectivity index (χ4v) is 2.40. The van der Waals surface area contributed by atoms with E-state index >= 15 is 0 Å². The summed E-state index contributed by atoms with van der Waals surface area (Å²) in [6.45, 7) is 5.32. The van der Waals surface area contributed by atoms with Gasteiger partial charge in [0.15, 0.2) is 0 Å². The molecule has 0 aliphatic heterocycles. The highest BCUT2D eigenvalue weighted by atomic mass is 16.5. The Balaban J connectivity index is 1.86. The molecular formula is C15H23NO. The van der Waals surface area contributed by atoms with E-state index < -0.39 is 0 Å². The average molecular weight is 233 g/mol. The summed E-state index contributed by atoms with van der Waals surface area (Å²) < 4.78 is 5.78. The number of aryl methyl sites for hydroxylation is 1. The minimum atomic E-state index is 0.236. The van der Waals surface area contributed by atoms with E-state index in [4.69, 9.17) is 10.5 Å². The largest absolute Gasteiger partial charge is 0.494 e. The molecule has 0 fully saturated rings. The first-order valence-corrected chi connectivity index (χ1v) is 6.68. The molecule has 0 heterocycles. The Hall–Kier alpha value is -1.02. The molecule has 1 aromatic carbocycles. The number of ether oxygens (including phenoxy) is 1. The van der Waals surface area contributed by atoms with Gasteiger partial charge >= 0.3 is 0 Å². The molecule has 2 N–H and O–H groups in total. The number of fused-ring (bicyclic) bond motifs is 1. The van der Waals surface area contributed by atoms with Gasteiger partial charge in [0.2, 0.25) is 0 Å². The first-order valence-electron chi connectivity index (χ1n) is 6.68. The standard InChI is InChI=1S/C15H23NO/c1-11(2)4-3-9-17-13-6-7-14-12(10-13)5-8-15(14)16/h6-7,10-11,15H,3-5,8-9,16H2,1-2H3/t15-/m1/s1. The molecule has 94 valence electrons. The van der Waals surface area contributed by atoms with E-state index in [9.17, 15) is 0 Å². The third kappa shape index (κ3) is 3.22. The van der Waals surface area contributed by atoms with Crippen molar-refractivity contribution >= 4 is 0 Å². The highest BCUT2D eigenvalue weighted by Crippen LogP contribution is 2.31. The van der Waals surface area contributed by atoms with Crippen LogP contribution in [0.25, 0.3) is 0 Å². The Morgan fingerprint density at radius 2 is 2.24 bits per heavy atom. The van der Waals surface area contributed by atoms with Crippen molar-refractivity contribution < 1.29 is 4.74 Å². The molecule has 0 radical (unpaired) electrons. The van der Waals surface area contributed by atoms with Crippen molar-refractivity contribution in [1.82, 2.24) is 0 Å². The van der Waals surface area contributed by atoms with E-state index in [-0.39, 0.29) is 6.04 Å². The second-order valence-corrected chi connectivity index (χ2v) is 5.39. The molecule has 17 heavy (non-hydrogen) atoms. The third-order valence-electron chi connectivity index (χ3n) is 3.43. The van der Waals surface area contributed by atoms with Crippen LogP contribution in [-0.4, -0.2) is 6.61 Å². The monoisotopic (exact) mass is 233 g/mol. The van der Waals surface area contributed by atoms with E-state index in [0.717, 1.165) is 37.5 Å². The topological polar surface area (TPSA) is 35.2 Å². The molecule has 2 nitrogen and oxygen atoms in total. The molecule has 1 atom stereocenters. The molecule has 1 aliphatic carbocycles. The second kappa shape index (κ2) is 5.54. The van der Waals surface area contributed by atoms with Gasteiger partial charge in [0, 0.05) is 6.04 Å². The molecule has 0 bridgehead atoms. The van der Waals surface area contributed by atoms with Gasteiger partial charge in [0.05, 0.1) is 6.61 Å². The van der Waals surface area contributed by atoms with Gasteiger partial charge in [-0.25, -0.2) is 0 Å². The van der Waals surface area contributed by atoms with Crippen molar-refractivity contribution in [3.63, 3.8) is 0 Å². The maximum absolute atomic E-state index is 6.01. The second-order valence-electron chi connectivity index (χ2n) is 5.39. The molecule has 2 heteroatoms. The van der Waals surface area contributed by atoms with Gasteiger partial charge < -0.3 is 10.5 Å². The first kappa shape index (κ1) is 12.4. The van der Waals surface area contributed by atoms with Gasteiger partial charge in [-0.1, -0.05) is 19.9 Å². The van der Waals surface area contributed by atoms with Crippen LogP contribution in [0.15, 0.2) is 18.2 Å². The van der Waals surface area contributed by atoms with Crippen LogP contribution in [0.2, 0.25) is 0 Å². The molecule has 0 saturated heterocycles. The summed E-state index contributed by atoms with van der Waals surface area (Å²) in [6.07, 6.45) is 4.54. The maximum Gasteiger partial charge on any atom is 0.119 e. The van der Waals surface area contributed by atoms with Gasteiger partial charge in [-0.3, -0.25) is 0 Å². The molecular weight excluding hydrogens is 210 g/mol. The molecule has 0 amide bonds.